The van der Waals surface area contributed by atoms with E-state index in [1.54, 1.807) is 18.3 Å². The third kappa shape index (κ3) is 1.48. The van der Waals surface area contributed by atoms with Crippen molar-refractivity contribution in [1.29, 1.82) is 0 Å². The SMILES string of the molecule is CCc1ncccc1SF. The van der Waals surface area contributed by atoms with Crippen molar-refractivity contribution in [3.05, 3.63) is 24.0 Å². The maximum Gasteiger partial charge on any atom is 0.0831 e. The molecule has 10 heavy (non-hydrogen) atoms. The summed E-state index contributed by atoms with van der Waals surface area (Å²) < 4.78 is 12.0. The fourth-order valence-electron chi connectivity index (χ4n) is 0.759. The second-order valence-corrected chi connectivity index (χ2v) is 2.47. The Kier molecular flexibility index (Phi) is 2.68. The molecule has 1 heterocycles. The maximum absolute atomic E-state index is 12.0. The van der Waals surface area contributed by atoms with Gasteiger partial charge in [-0.1, -0.05) is 6.92 Å². The van der Waals surface area contributed by atoms with E-state index in [1.807, 2.05) is 6.92 Å². The van der Waals surface area contributed by atoms with Crippen molar-refractivity contribution < 1.29 is 3.89 Å². The summed E-state index contributed by atoms with van der Waals surface area (Å²) in [7, 11) is 0. The van der Waals surface area contributed by atoms with Crippen LogP contribution in [-0.2, 0) is 6.42 Å². The fraction of sp³-hybridized carbons (Fsp3) is 0.286. The van der Waals surface area contributed by atoms with E-state index < -0.39 is 0 Å². The first-order chi connectivity index (χ1) is 4.88. The number of halogens is 1. The van der Waals surface area contributed by atoms with E-state index in [4.69, 9.17) is 0 Å². The van der Waals surface area contributed by atoms with E-state index >= 15 is 0 Å². The van der Waals surface area contributed by atoms with Crippen LogP contribution < -0.4 is 0 Å². The molecule has 1 aromatic rings. The van der Waals surface area contributed by atoms with Crippen LogP contribution in [0.15, 0.2) is 23.2 Å². The minimum Gasteiger partial charge on any atom is -0.260 e. The molecule has 0 spiro atoms. The molecule has 0 amide bonds. The van der Waals surface area contributed by atoms with Crippen molar-refractivity contribution in [2.45, 2.75) is 18.2 Å². The largest absolute Gasteiger partial charge is 0.260 e. The lowest BCUT2D eigenvalue weighted by molar-refractivity contribution is 0.911. The molecule has 0 fully saturated rings. The molecule has 1 rings (SSSR count). The van der Waals surface area contributed by atoms with Gasteiger partial charge in [-0.2, -0.15) is 3.89 Å². The Labute approximate surface area is 64.0 Å². The van der Waals surface area contributed by atoms with E-state index in [9.17, 15) is 3.89 Å². The van der Waals surface area contributed by atoms with Crippen molar-refractivity contribution in [3.8, 4) is 0 Å². The van der Waals surface area contributed by atoms with Gasteiger partial charge in [0, 0.05) is 6.20 Å². The van der Waals surface area contributed by atoms with Crippen LogP contribution in [-0.4, -0.2) is 4.98 Å². The molecule has 0 aliphatic heterocycles. The number of pyridine rings is 1. The lowest BCUT2D eigenvalue weighted by Gasteiger charge is -1.97. The number of hydrogen-bond acceptors (Lipinski definition) is 2. The number of aryl methyl sites for hydroxylation is 1. The van der Waals surface area contributed by atoms with Gasteiger partial charge in [0.05, 0.1) is 22.7 Å². The van der Waals surface area contributed by atoms with E-state index in [2.05, 4.69) is 4.98 Å². The Balaban J connectivity index is 2.96. The molecule has 3 heteroatoms. The van der Waals surface area contributed by atoms with Crippen LogP contribution in [0.25, 0.3) is 0 Å². The number of hydrogen-bond donors (Lipinski definition) is 0. The summed E-state index contributed by atoms with van der Waals surface area (Å²) in [5.74, 6) is 0. The molecule has 54 valence electrons. The van der Waals surface area contributed by atoms with Crippen LogP contribution in [0.2, 0.25) is 0 Å². The minimum atomic E-state index is 0.257. The fourth-order valence-corrected chi connectivity index (χ4v) is 1.18. The van der Waals surface area contributed by atoms with Gasteiger partial charge in [0.25, 0.3) is 0 Å². The molecule has 0 unspecified atom stereocenters. The molecule has 0 saturated carbocycles. The monoisotopic (exact) mass is 157 g/mol. The van der Waals surface area contributed by atoms with E-state index in [1.165, 1.54) is 0 Å². The van der Waals surface area contributed by atoms with Gasteiger partial charge in [-0.05, 0) is 18.6 Å². The van der Waals surface area contributed by atoms with Crippen molar-refractivity contribution in [1.82, 2.24) is 4.98 Å². The molecule has 0 saturated heterocycles. The first kappa shape index (κ1) is 7.54. The van der Waals surface area contributed by atoms with Crippen molar-refractivity contribution in [3.63, 3.8) is 0 Å². The summed E-state index contributed by atoms with van der Waals surface area (Å²) in [4.78, 5) is 4.64. The molecule has 0 N–H and O–H groups in total. The quantitative estimate of drug-likeness (QED) is 0.654. The molecule has 0 aromatic carbocycles. The Morgan fingerprint density at radius 1 is 1.70 bits per heavy atom. The number of nitrogens with zero attached hydrogens (tertiary/aromatic N) is 1. The van der Waals surface area contributed by atoms with Gasteiger partial charge in [0.1, 0.15) is 0 Å². The van der Waals surface area contributed by atoms with Gasteiger partial charge in [-0.3, -0.25) is 4.98 Å². The van der Waals surface area contributed by atoms with Gasteiger partial charge >= 0.3 is 0 Å². The van der Waals surface area contributed by atoms with Gasteiger partial charge in [0.15, 0.2) is 0 Å². The molecule has 0 aliphatic carbocycles. The average Bonchev–Trinajstić information content (AvgIpc) is 2.04. The van der Waals surface area contributed by atoms with Crippen molar-refractivity contribution in [2.24, 2.45) is 0 Å². The van der Waals surface area contributed by atoms with Gasteiger partial charge in [-0.25, -0.2) is 0 Å². The number of aromatic nitrogens is 1. The molecule has 1 nitrogen and oxygen atoms in total. The van der Waals surface area contributed by atoms with Gasteiger partial charge in [0.2, 0.25) is 0 Å². The Morgan fingerprint density at radius 3 is 3.00 bits per heavy atom. The normalized spacial score (nSPS) is 9.80. The highest BCUT2D eigenvalue weighted by atomic mass is 32.2. The Hall–Kier alpha value is -0.570. The highest BCUT2D eigenvalue weighted by molar-refractivity contribution is 7.94. The van der Waals surface area contributed by atoms with Crippen LogP contribution >= 0.6 is 12.1 Å². The standard InChI is InChI=1S/C7H8FNS/c1-2-6-7(10-8)4-3-5-9-6/h3-5H,2H2,1H3. The van der Waals surface area contributed by atoms with Crippen molar-refractivity contribution in [2.75, 3.05) is 0 Å². The molecular weight excluding hydrogens is 149 g/mol. The topological polar surface area (TPSA) is 12.9 Å². The van der Waals surface area contributed by atoms with Crippen LogP contribution in [0, 0.1) is 0 Å². The zero-order chi connectivity index (χ0) is 7.40. The summed E-state index contributed by atoms with van der Waals surface area (Å²) in [5, 5.41) is 0. The second-order valence-electron chi connectivity index (χ2n) is 1.88. The summed E-state index contributed by atoms with van der Waals surface area (Å²) >= 11 is 0.257. The van der Waals surface area contributed by atoms with Crippen LogP contribution in [0.5, 0.6) is 0 Å². The molecule has 1 aromatic heterocycles. The summed E-state index contributed by atoms with van der Waals surface area (Å²) in [6.07, 6.45) is 2.46. The van der Waals surface area contributed by atoms with E-state index in [0.29, 0.717) is 4.90 Å². The molecular formula is C7H8FNS. The first-order valence-corrected chi connectivity index (χ1v) is 3.82. The lowest BCUT2D eigenvalue weighted by atomic mass is 10.3. The van der Waals surface area contributed by atoms with Gasteiger partial charge in [-0.15, -0.1) is 0 Å². The van der Waals surface area contributed by atoms with Crippen molar-refractivity contribution >= 4 is 12.1 Å². The second kappa shape index (κ2) is 3.56. The highest BCUT2D eigenvalue weighted by Crippen LogP contribution is 2.21. The van der Waals surface area contributed by atoms with Gasteiger partial charge < -0.3 is 0 Å². The average molecular weight is 157 g/mol. The van der Waals surface area contributed by atoms with E-state index in [0.717, 1.165) is 12.1 Å². The lowest BCUT2D eigenvalue weighted by Crippen LogP contribution is -1.87. The zero-order valence-electron chi connectivity index (χ0n) is 5.67. The summed E-state index contributed by atoms with van der Waals surface area (Å²) in [5.41, 5.74) is 0.829. The summed E-state index contributed by atoms with van der Waals surface area (Å²) in [6.45, 7) is 1.96. The van der Waals surface area contributed by atoms with Crippen LogP contribution in [0.4, 0.5) is 3.89 Å². The predicted molar refractivity (Wildman–Crippen MR) is 40.6 cm³/mol. The third-order valence-electron chi connectivity index (χ3n) is 1.27. The minimum absolute atomic E-state index is 0.257. The predicted octanol–water partition coefficient (Wildman–Crippen LogP) is 2.62. The zero-order valence-corrected chi connectivity index (χ0v) is 6.49. The third-order valence-corrected chi connectivity index (χ3v) is 1.80. The smallest absolute Gasteiger partial charge is 0.0831 e. The van der Waals surface area contributed by atoms with Crippen LogP contribution in [0.1, 0.15) is 12.6 Å². The van der Waals surface area contributed by atoms with Crippen LogP contribution in [0.3, 0.4) is 0 Å². The molecule has 0 atom stereocenters. The summed E-state index contributed by atoms with van der Waals surface area (Å²) in [6, 6.07) is 3.47. The Morgan fingerprint density at radius 2 is 2.50 bits per heavy atom. The number of rotatable bonds is 2. The molecule has 0 radical (unpaired) electrons. The van der Waals surface area contributed by atoms with E-state index in [-0.39, 0.29) is 12.1 Å². The molecule has 0 aliphatic rings. The maximum atomic E-state index is 12.0. The highest BCUT2D eigenvalue weighted by Gasteiger charge is 1.99. The Bertz CT molecular complexity index is 192. The molecule has 0 bridgehead atoms. The first-order valence-electron chi connectivity index (χ1n) is 3.11.